The SMILES string of the molecule is CCC(NC(=O)c1ccnc(-n2cnnc2)c1)c1ccc(F)cc1. The highest BCUT2D eigenvalue weighted by molar-refractivity contribution is 5.94. The molecule has 1 aromatic carbocycles. The summed E-state index contributed by atoms with van der Waals surface area (Å²) in [5.74, 6) is 0.0398. The summed E-state index contributed by atoms with van der Waals surface area (Å²) in [4.78, 5) is 16.7. The van der Waals surface area contributed by atoms with E-state index < -0.39 is 0 Å². The van der Waals surface area contributed by atoms with E-state index in [0.717, 1.165) is 5.56 Å². The standard InChI is InChI=1S/C17H16FN5O/c1-2-15(12-3-5-14(18)6-4-12)22-17(24)13-7-8-19-16(9-13)23-10-20-21-11-23/h3-11,15H,2H2,1H3,(H,22,24). The van der Waals surface area contributed by atoms with Crippen LogP contribution in [-0.2, 0) is 0 Å². The second-order valence-electron chi connectivity index (χ2n) is 5.26. The van der Waals surface area contributed by atoms with Crippen molar-refractivity contribution in [3.05, 3.63) is 72.2 Å². The molecule has 0 aliphatic heterocycles. The molecule has 0 saturated heterocycles. The molecule has 0 bridgehead atoms. The minimum absolute atomic E-state index is 0.190. The zero-order valence-corrected chi connectivity index (χ0v) is 13.1. The van der Waals surface area contributed by atoms with Gasteiger partial charge in [-0.3, -0.25) is 9.36 Å². The minimum atomic E-state index is -0.298. The number of carbonyl (C=O) groups is 1. The third-order valence-corrected chi connectivity index (χ3v) is 3.68. The Hall–Kier alpha value is -3.09. The molecular weight excluding hydrogens is 309 g/mol. The third-order valence-electron chi connectivity index (χ3n) is 3.68. The summed E-state index contributed by atoms with van der Waals surface area (Å²) >= 11 is 0. The Morgan fingerprint density at radius 3 is 2.58 bits per heavy atom. The Morgan fingerprint density at radius 1 is 1.21 bits per heavy atom. The number of halogens is 1. The third kappa shape index (κ3) is 3.45. The quantitative estimate of drug-likeness (QED) is 0.783. The van der Waals surface area contributed by atoms with E-state index in [0.29, 0.717) is 17.8 Å². The van der Waals surface area contributed by atoms with Crippen molar-refractivity contribution >= 4 is 5.91 Å². The monoisotopic (exact) mass is 325 g/mol. The molecule has 0 saturated carbocycles. The van der Waals surface area contributed by atoms with E-state index >= 15 is 0 Å². The maximum atomic E-state index is 13.1. The van der Waals surface area contributed by atoms with Gasteiger partial charge in [0.1, 0.15) is 24.3 Å². The number of hydrogen-bond acceptors (Lipinski definition) is 4. The van der Waals surface area contributed by atoms with Crippen molar-refractivity contribution in [1.82, 2.24) is 25.1 Å². The summed E-state index contributed by atoms with van der Waals surface area (Å²) in [7, 11) is 0. The second kappa shape index (κ2) is 6.99. The first-order valence-corrected chi connectivity index (χ1v) is 7.54. The molecular formula is C17H16FN5O. The molecule has 3 aromatic rings. The van der Waals surface area contributed by atoms with Gasteiger partial charge in [-0.15, -0.1) is 10.2 Å². The van der Waals surface area contributed by atoms with Crippen LogP contribution >= 0.6 is 0 Å². The predicted octanol–water partition coefficient (Wildman–Crippen LogP) is 2.68. The van der Waals surface area contributed by atoms with Crippen molar-refractivity contribution in [2.45, 2.75) is 19.4 Å². The first kappa shape index (κ1) is 15.8. The summed E-state index contributed by atoms with van der Waals surface area (Å²) in [6, 6.07) is 9.25. The maximum Gasteiger partial charge on any atom is 0.251 e. The van der Waals surface area contributed by atoms with Crippen molar-refractivity contribution in [1.29, 1.82) is 0 Å². The summed E-state index contributed by atoms with van der Waals surface area (Å²) in [6.45, 7) is 1.96. The highest BCUT2D eigenvalue weighted by Crippen LogP contribution is 2.18. The summed E-state index contributed by atoms with van der Waals surface area (Å²) in [5.41, 5.74) is 1.34. The lowest BCUT2D eigenvalue weighted by Gasteiger charge is -2.17. The molecule has 122 valence electrons. The Bertz CT molecular complexity index is 817. The van der Waals surface area contributed by atoms with E-state index in [1.807, 2.05) is 6.92 Å². The molecule has 1 atom stereocenters. The van der Waals surface area contributed by atoms with E-state index in [1.165, 1.54) is 24.8 Å². The molecule has 0 radical (unpaired) electrons. The Morgan fingerprint density at radius 2 is 1.92 bits per heavy atom. The number of rotatable bonds is 5. The van der Waals surface area contributed by atoms with Gasteiger partial charge in [0.2, 0.25) is 0 Å². The van der Waals surface area contributed by atoms with Crippen LogP contribution in [0.25, 0.3) is 5.82 Å². The number of aromatic nitrogens is 4. The normalized spacial score (nSPS) is 11.9. The number of amides is 1. The van der Waals surface area contributed by atoms with Crippen LogP contribution in [0.1, 0.15) is 35.3 Å². The Labute approximate surface area is 138 Å². The van der Waals surface area contributed by atoms with Gasteiger partial charge >= 0.3 is 0 Å². The number of hydrogen-bond donors (Lipinski definition) is 1. The molecule has 2 heterocycles. The van der Waals surface area contributed by atoms with Crippen LogP contribution in [0.2, 0.25) is 0 Å². The van der Waals surface area contributed by atoms with E-state index in [-0.39, 0.29) is 17.8 Å². The Kier molecular flexibility index (Phi) is 4.60. The lowest BCUT2D eigenvalue weighted by molar-refractivity contribution is 0.0935. The van der Waals surface area contributed by atoms with E-state index in [1.54, 1.807) is 35.0 Å². The fraction of sp³-hybridized carbons (Fsp3) is 0.176. The molecule has 2 aromatic heterocycles. The van der Waals surface area contributed by atoms with E-state index in [4.69, 9.17) is 0 Å². The molecule has 1 amide bonds. The molecule has 0 aliphatic carbocycles. The zero-order valence-electron chi connectivity index (χ0n) is 13.1. The predicted molar refractivity (Wildman–Crippen MR) is 86.1 cm³/mol. The molecule has 0 aliphatic rings. The molecule has 3 rings (SSSR count). The lowest BCUT2D eigenvalue weighted by Crippen LogP contribution is -2.28. The summed E-state index contributed by atoms with van der Waals surface area (Å²) < 4.78 is 14.7. The minimum Gasteiger partial charge on any atom is -0.345 e. The van der Waals surface area contributed by atoms with Gasteiger partial charge in [0.05, 0.1) is 6.04 Å². The lowest BCUT2D eigenvalue weighted by atomic mass is 10.0. The summed E-state index contributed by atoms with van der Waals surface area (Å²) in [6.07, 6.45) is 5.28. The topological polar surface area (TPSA) is 72.7 Å². The Balaban J connectivity index is 1.78. The van der Waals surface area contributed by atoms with Gasteiger partial charge in [0.15, 0.2) is 0 Å². The fourth-order valence-corrected chi connectivity index (χ4v) is 2.38. The highest BCUT2D eigenvalue weighted by Gasteiger charge is 2.15. The van der Waals surface area contributed by atoms with Gasteiger partial charge in [-0.05, 0) is 36.2 Å². The van der Waals surface area contributed by atoms with Crippen LogP contribution < -0.4 is 5.32 Å². The highest BCUT2D eigenvalue weighted by atomic mass is 19.1. The van der Waals surface area contributed by atoms with E-state index in [2.05, 4.69) is 20.5 Å². The van der Waals surface area contributed by atoms with Crippen LogP contribution in [0, 0.1) is 5.82 Å². The molecule has 6 nitrogen and oxygen atoms in total. The first-order valence-electron chi connectivity index (χ1n) is 7.54. The van der Waals surface area contributed by atoms with Gasteiger partial charge in [0.25, 0.3) is 5.91 Å². The molecule has 24 heavy (non-hydrogen) atoms. The van der Waals surface area contributed by atoms with E-state index in [9.17, 15) is 9.18 Å². The van der Waals surface area contributed by atoms with Gasteiger partial charge < -0.3 is 5.32 Å². The van der Waals surface area contributed by atoms with Gasteiger partial charge in [-0.1, -0.05) is 19.1 Å². The molecule has 7 heteroatoms. The van der Waals surface area contributed by atoms with Gasteiger partial charge in [-0.2, -0.15) is 0 Å². The fourth-order valence-electron chi connectivity index (χ4n) is 2.38. The number of nitrogens with one attached hydrogen (secondary N) is 1. The smallest absolute Gasteiger partial charge is 0.251 e. The average molecular weight is 325 g/mol. The van der Waals surface area contributed by atoms with Crippen molar-refractivity contribution in [3.63, 3.8) is 0 Å². The second-order valence-corrected chi connectivity index (χ2v) is 5.26. The van der Waals surface area contributed by atoms with Crippen molar-refractivity contribution in [3.8, 4) is 5.82 Å². The largest absolute Gasteiger partial charge is 0.345 e. The van der Waals surface area contributed by atoms with Crippen LogP contribution in [0.15, 0.2) is 55.2 Å². The van der Waals surface area contributed by atoms with Crippen LogP contribution in [0.5, 0.6) is 0 Å². The van der Waals surface area contributed by atoms with Crippen molar-refractivity contribution < 1.29 is 9.18 Å². The molecule has 1 unspecified atom stereocenters. The van der Waals surface area contributed by atoms with Gasteiger partial charge in [-0.25, -0.2) is 9.37 Å². The first-order chi connectivity index (χ1) is 11.7. The molecule has 1 N–H and O–H groups in total. The van der Waals surface area contributed by atoms with Crippen molar-refractivity contribution in [2.75, 3.05) is 0 Å². The zero-order chi connectivity index (χ0) is 16.9. The summed E-state index contributed by atoms with van der Waals surface area (Å²) in [5, 5.41) is 10.4. The number of pyridine rings is 1. The van der Waals surface area contributed by atoms with Crippen LogP contribution in [0.3, 0.4) is 0 Å². The van der Waals surface area contributed by atoms with Crippen LogP contribution in [0.4, 0.5) is 4.39 Å². The number of nitrogens with zero attached hydrogens (tertiary/aromatic N) is 4. The number of benzene rings is 1. The van der Waals surface area contributed by atoms with Gasteiger partial charge in [0, 0.05) is 11.8 Å². The molecule has 0 fully saturated rings. The maximum absolute atomic E-state index is 13.1. The van der Waals surface area contributed by atoms with Crippen molar-refractivity contribution in [2.24, 2.45) is 0 Å². The number of carbonyl (C=O) groups excluding carboxylic acids is 1. The average Bonchev–Trinajstić information content (AvgIpc) is 3.15. The van der Waals surface area contributed by atoms with Crippen LogP contribution in [-0.4, -0.2) is 25.7 Å². The molecule has 0 spiro atoms.